The Balaban J connectivity index is 1.88. The molecule has 1 fully saturated rings. The van der Waals surface area contributed by atoms with Gasteiger partial charge in [-0.2, -0.15) is 0 Å². The van der Waals surface area contributed by atoms with Gasteiger partial charge in [0.2, 0.25) is 0 Å². The van der Waals surface area contributed by atoms with Gasteiger partial charge in [0, 0.05) is 18.2 Å². The molecule has 2 aromatic rings. The van der Waals surface area contributed by atoms with Crippen molar-refractivity contribution in [1.29, 1.82) is 0 Å². The van der Waals surface area contributed by atoms with Crippen LogP contribution in [0.2, 0.25) is 0 Å². The van der Waals surface area contributed by atoms with E-state index in [1.807, 2.05) is 49.4 Å². The van der Waals surface area contributed by atoms with Gasteiger partial charge in [0.25, 0.3) is 5.91 Å². The van der Waals surface area contributed by atoms with Crippen molar-refractivity contribution in [3.05, 3.63) is 71.3 Å². The molecular formula is C21H25NO3S. The van der Waals surface area contributed by atoms with Gasteiger partial charge in [-0.1, -0.05) is 55.5 Å². The summed E-state index contributed by atoms with van der Waals surface area (Å²) >= 11 is 0. The molecule has 3 rings (SSSR count). The van der Waals surface area contributed by atoms with E-state index in [4.69, 9.17) is 0 Å². The lowest BCUT2D eigenvalue weighted by molar-refractivity contribution is 0.0696. The number of hydrogen-bond acceptors (Lipinski definition) is 3. The van der Waals surface area contributed by atoms with Crippen molar-refractivity contribution in [2.24, 2.45) is 0 Å². The molecule has 0 N–H and O–H groups in total. The van der Waals surface area contributed by atoms with Crippen LogP contribution in [0.4, 0.5) is 0 Å². The van der Waals surface area contributed by atoms with E-state index in [2.05, 4.69) is 12.1 Å². The Labute approximate surface area is 155 Å². The lowest BCUT2D eigenvalue weighted by Gasteiger charge is -2.29. The van der Waals surface area contributed by atoms with E-state index in [-0.39, 0.29) is 23.5 Å². The van der Waals surface area contributed by atoms with Crippen LogP contribution in [0.25, 0.3) is 0 Å². The molecule has 1 aliphatic rings. The monoisotopic (exact) mass is 371 g/mol. The predicted molar refractivity (Wildman–Crippen MR) is 104 cm³/mol. The van der Waals surface area contributed by atoms with E-state index in [0.29, 0.717) is 24.9 Å². The van der Waals surface area contributed by atoms with Crippen molar-refractivity contribution < 1.29 is 13.2 Å². The summed E-state index contributed by atoms with van der Waals surface area (Å²) in [5.74, 6) is 0.205. The minimum absolute atomic E-state index is 0.0551. The van der Waals surface area contributed by atoms with Gasteiger partial charge in [-0.05, 0) is 36.5 Å². The van der Waals surface area contributed by atoms with Crippen molar-refractivity contribution in [2.45, 2.75) is 32.2 Å². The molecular weight excluding hydrogens is 346 g/mol. The molecule has 2 aromatic carbocycles. The van der Waals surface area contributed by atoms with Gasteiger partial charge in [0.1, 0.15) is 0 Å². The van der Waals surface area contributed by atoms with E-state index in [9.17, 15) is 13.2 Å². The number of rotatable bonds is 6. The van der Waals surface area contributed by atoms with E-state index in [0.717, 1.165) is 17.5 Å². The standard InChI is InChI=1S/C21H25NO3S/c1-2-13-22(19-12-14-26(24,25)16-19)21(23)20-11-7-6-10-18(20)15-17-8-4-3-5-9-17/h3-11,19H,2,12-16H2,1H3/t19-/m1/s1. The molecule has 1 amide bonds. The number of amides is 1. The van der Waals surface area contributed by atoms with Gasteiger partial charge in [-0.25, -0.2) is 8.42 Å². The fourth-order valence-electron chi connectivity index (χ4n) is 3.57. The lowest BCUT2D eigenvalue weighted by atomic mass is 9.98. The fourth-order valence-corrected chi connectivity index (χ4v) is 5.30. The molecule has 0 aliphatic carbocycles. The number of sulfone groups is 1. The highest BCUT2D eigenvalue weighted by atomic mass is 32.2. The maximum Gasteiger partial charge on any atom is 0.254 e. The molecule has 26 heavy (non-hydrogen) atoms. The predicted octanol–water partition coefficient (Wildman–Crippen LogP) is 3.32. The quantitative estimate of drug-likeness (QED) is 0.783. The third kappa shape index (κ3) is 4.33. The van der Waals surface area contributed by atoms with Crippen LogP contribution in [0.1, 0.15) is 41.3 Å². The Morgan fingerprint density at radius 2 is 1.77 bits per heavy atom. The first-order chi connectivity index (χ1) is 12.5. The Bertz CT molecular complexity index is 862. The highest BCUT2D eigenvalue weighted by Gasteiger charge is 2.35. The molecule has 0 unspecified atom stereocenters. The van der Waals surface area contributed by atoms with E-state index >= 15 is 0 Å². The summed E-state index contributed by atoms with van der Waals surface area (Å²) in [6.45, 7) is 2.60. The Kier molecular flexibility index (Phi) is 5.77. The van der Waals surface area contributed by atoms with Gasteiger partial charge in [0.05, 0.1) is 11.5 Å². The van der Waals surface area contributed by atoms with Crippen LogP contribution in [0.5, 0.6) is 0 Å². The lowest BCUT2D eigenvalue weighted by Crippen LogP contribution is -2.42. The maximum absolute atomic E-state index is 13.3. The first-order valence-corrected chi connectivity index (χ1v) is 11.0. The van der Waals surface area contributed by atoms with Crippen LogP contribution < -0.4 is 0 Å². The van der Waals surface area contributed by atoms with Crippen molar-refractivity contribution in [3.63, 3.8) is 0 Å². The van der Waals surface area contributed by atoms with E-state index in [1.54, 1.807) is 4.90 Å². The van der Waals surface area contributed by atoms with Gasteiger partial charge in [0.15, 0.2) is 9.84 Å². The smallest absolute Gasteiger partial charge is 0.254 e. The minimum atomic E-state index is -3.03. The Morgan fingerprint density at radius 1 is 1.08 bits per heavy atom. The second-order valence-electron chi connectivity index (χ2n) is 6.87. The summed E-state index contributed by atoms with van der Waals surface area (Å²) in [5, 5.41) is 0. The van der Waals surface area contributed by atoms with Crippen LogP contribution >= 0.6 is 0 Å². The third-order valence-electron chi connectivity index (χ3n) is 4.86. The highest BCUT2D eigenvalue weighted by molar-refractivity contribution is 7.91. The average Bonchev–Trinajstić information content (AvgIpc) is 3.00. The molecule has 0 aromatic heterocycles. The molecule has 1 atom stereocenters. The first kappa shape index (κ1) is 18.6. The normalized spacial score (nSPS) is 18.6. The SMILES string of the molecule is CCCN(C(=O)c1ccccc1Cc1ccccc1)[C@@H]1CCS(=O)(=O)C1. The Hall–Kier alpha value is -2.14. The molecule has 0 bridgehead atoms. The molecule has 1 aliphatic heterocycles. The minimum Gasteiger partial charge on any atom is -0.335 e. The molecule has 0 radical (unpaired) electrons. The zero-order chi connectivity index (χ0) is 18.6. The largest absolute Gasteiger partial charge is 0.335 e. The number of carbonyl (C=O) groups excluding carboxylic acids is 1. The van der Waals surface area contributed by atoms with Gasteiger partial charge in [-0.3, -0.25) is 4.79 Å². The topological polar surface area (TPSA) is 54.5 Å². The molecule has 5 heteroatoms. The summed E-state index contributed by atoms with van der Waals surface area (Å²) in [6.07, 6.45) is 2.03. The fraction of sp³-hybridized carbons (Fsp3) is 0.381. The number of benzene rings is 2. The maximum atomic E-state index is 13.3. The zero-order valence-electron chi connectivity index (χ0n) is 15.1. The number of carbonyl (C=O) groups is 1. The van der Waals surface area contributed by atoms with Crippen LogP contribution in [0.3, 0.4) is 0 Å². The summed E-state index contributed by atoms with van der Waals surface area (Å²) in [5.41, 5.74) is 2.80. The first-order valence-electron chi connectivity index (χ1n) is 9.13. The zero-order valence-corrected chi connectivity index (χ0v) is 15.9. The second kappa shape index (κ2) is 8.04. The van der Waals surface area contributed by atoms with Gasteiger partial charge < -0.3 is 4.90 Å². The molecule has 1 saturated heterocycles. The molecule has 0 saturated carbocycles. The summed E-state index contributed by atoms with van der Waals surface area (Å²) in [6, 6.07) is 17.5. The number of hydrogen-bond donors (Lipinski definition) is 0. The number of nitrogens with zero attached hydrogens (tertiary/aromatic N) is 1. The van der Waals surface area contributed by atoms with Crippen LogP contribution in [0, 0.1) is 0 Å². The molecule has 138 valence electrons. The van der Waals surface area contributed by atoms with Crippen LogP contribution in [0.15, 0.2) is 54.6 Å². The summed E-state index contributed by atoms with van der Waals surface area (Å²) in [4.78, 5) is 15.0. The summed E-state index contributed by atoms with van der Waals surface area (Å²) in [7, 11) is -3.03. The molecule has 4 nitrogen and oxygen atoms in total. The summed E-state index contributed by atoms with van der Waals surface area (Å²) < 4.78 is 23.8. The van der Waals surface area contributed by atoms with Gasteiger partial charge >= 0.3 is 0 Å². The van der Waals surface area contributed by atoms with Crippen LogP contribution in [-0.2, 0) is 16.3 Å². The average molecular weight is 372 g/mol. The van der Waals surface area contributed by atoms with E-state index < -0.39 is 9.84 Å². The van der Waals surface area contributed by atoms with Crippen molar-refractivity contribution in [3.8, 4) is 0 Å². The van der Waals surface area contributed by atoms with Gasteiger partial charge in [-0.15, -0.1) is 0 Å². The van der Waals surface area contributed by atoms with Crippen molar-refractivity contribution in [2.75, 3.05) is 18.1 Å². The van der Waals surface area contributed by atoms with Crippen molar-refractivity contribution in [1.82, 2.24) is 4.90 Å². The van der Waals surface area contributed by atoms with Crippen molar-refractivity contribution >= 4 is 15.7 Å². The second-order valence-corrected chi connectivity index (χ2v) is 9.10. The highest BCUT2D eigenvalue weighted by Crippen LogP contribution is 2.23. The Morgan fingerprint density at radius 3 is 2.42 bits per heavy atom. The molecule has 1 heterocycles. The molecule has 0 spiro atoms. The third-order valence-corrected chi connectivity index (χ3v) is 6.61. The van der Waals surface area contributed by atoms with Crippen LogP contribution in [-0.4, -0.2) is 43.3 Å². The van der Waals surface area contributed by atoms with E-state index in [1.165, 1.54) is 0 Å².